The number of benzene rings is 1. The molecule has 0 N–H and O–H groups in total. The lowest BCUT2D eigenvalue weighted by molar-refractivity contribution is 0.0994. The molecular formula is C12H15BrO2S. The lowest BCUT2D eigenvalue weighted by atomic mass is 10.1. The molecular weight excluding hydrogens is 288 g/mol. The van der Waals surface area contributed by atoms with Crippen molar-refractivity contribution in [2.45, 2.75) is 12.2 Å². The largest absolute Gasteiger partial charge is 0.384 e. The predicted molar refractivity (Wildman–Crippen MR) is 72.3 cm³/mol. The zero-order valence-corrected chi connectivity index (χ0v) is 11.8. The van der Waals surface area contributed by atoms with E-state index in [0.29, 0.717) is 6.61 Å². The van der Waals surface area contributed by atoms with Gasteiger partial charge in [0.15, 0.2) is 5.78 Å². The third kappa shape index (κ3) is 4.28. The van der Waals surface area contributed by atoms with Gasteiger partial charge < -0.3 is 4.74 Å². The summed E-state index contributed by atoms with van der Waals surface area (Å²) in [5.41, 5.74) is 0.764. The summed E-state index contributed by atoms with van der Waals surface area (Å²) < 4.78 is 5.94. The molecule has 0 aliphatic heterocycles. The molecule has 0 aromatic heterocycles. The Labute approximate surface area is 109 Å². The molecule has 16 heavy (non-hydrogen) atoms. The summed E-state index contributed by atoms with van der Waals surface area (Å²) in [6.07, 6.45) is 0. The SMILES string of the molecule is COCCSC(C)C(=O)c1ccc(Br)cc1. The average Bonchev–Trinajstić information content (AvgIpc) is 2.29. The minimum absolute atomic E-state index is 0.0173. The number of carbonyl (C=O) groups excluding carboxylic acids is 1. The van der Waals surface area contributed by atoms with E-state index in [-0.39, 0.29) is 11.0 Å². The molecule has 0 saturated carbocycles. The molecule has 4 heteroatoms. The molecule has 1 atom stereocenters. The molecule has 1 aromatic rings. The van der Waals surface area contributed by atoms with E-state index in [1.807, 2.05) is 31.2 Å². The fraction of sp³-hybridized carbons (Fsp3) is 0.417. The highest BCUT2D eigenvalue weighted by molar-refractivity contribution is 9.10. The van der Waals surface area contributed by atoms with Crippen molar-refractivity contribution in [1.29, 1.82) is 0 Å². The first-order chi connectivity index (χ1) is 7.65. The van der Waals surface area contributed by atoms with Gasteiger partial charge in [-0.25, -0.2) is 0 Å². The molecule has 1 aromatic carbocycles. The zero-order chi connectivity index (χ0) is 12.0. The number of hydrogen-bond acceptors (Lipinski definition) is 3. The van der Waals surface area contributed by atoms with Crippen LogP contribution in [-0.2, 0) is 4.74 Å². The molecule has 0 heterocycles. The summed E-state index contributed by atoms with van der Waals surface area (Å²) in [6, 6.07) is 7.47. The standard InChI is InChI=1S/C12H15BrO2S/c1-9(16-8-7-15-2)12(14)10-3-5-11(13)6-4-10/h3-6,9H,7-8H2,1-2H3. The molecule has 0 radical (unpaired) electrons. The van der Waals surface area contributed by atoms with Gasteiger partial charge in [0, 0.05) is 22.9 Å². The second-order valence-electron chi connectivity index (χ2n) is 3.38. The Bertz CT molecular complexity index is 337. The van der Waals surface area contributed by atoms with E-state index >= 15 is 0 Å². The summed E-state index contributed by atoms with van der Waals surface area (Å²) in [5, 5.41) is -0.0173. The van der Waals surface area contributed by atoms with Crippen LogP contribution in [0.5, 0.6) is 0 Å². The van der Waals surface area contributed by atoms with E-state index in [4.69, 9.17) is 4.74 Å². The van der Waals surface area contributed by atoms with Crippen LogP contribution in [0.25, 0.3) is 0 Å². The summed E-state index contributed by atoms with van der Waals surface area (Å²) >= 11 is 4.97. The second-order valence-corrected chi connectivity index (χ2v) is 5.74. The van der Waals surface area contributed by atoms with Crippen LogP contribution in [0.1, 0.15) is 17.3 Å². The molecule has 0 spiro atoms. The van der Waals surface area contributed by atoms with Crippen molar-refractivity contribution < 1.29 is 9.53 Å². The molecule has 0 fully saturated rings. The van der Waals surface area contributed by atoms with Crippen LogP contribution >= 0.6 is 27.7 Å². The van der Waals surface area contributed by atoms with Crippen molar-refractivity contribution in [1.82, 2.24) is 0 Å². The maximum atomic E-state index is 12.0. The van der Waals surface area contributed by atoms with Crippen molar-refractivity contribution in [3.05, 3.63) is 34.3 Å². The van der Waals surface area contributed by atoms with Crippen LogP contribution in [0.15, 0.2) is 28.7 Å². The summed E-state index contributed by atoms with van der Waals surface area (Å²) in [4.78, 5) is 12.0. The number of ether oxygens (including phenoxy) is 1. The smallest absolute Gasteiger partial charge is 0.175 e. The van der Waals surface area contributed by atoms with E-state index in [1.165, 1.54) is 0 Å². The number of rotatable bonds is 6. The maximum absolute atomic E-state index is 12.0. The van der Waals surface area contributed by atoms with Crippen LogP contribution in [0.3, 0.4) is 0 Å². The second kappa shape index (κ2) is 7.09. The zero-order valence-electron chi connectivity index (χ0n) is 9.40. The molecule has 1 rings (SSSR count). The van der Waals surface area contributed by atoms with Gasteiger partial charge in [0.05, 0.1) is 11.9 Å². The van der Waals surface area contributed by atoms with Crippen LogP contribution in [-0.4, -0.2) is 30.5 Å². The number of ketones is 1. The van der Waals surface area contributed by atoms with Crippen LogP contribution in [0.2, 0.25) is 0 Å². The lowest BCUT2D eigenvalue weighted by Gasteiger charge is -2.09. The van der Waals surface area contributed by atoms with E-state index in [1.54, 1.807) is 18.9 Å². The van der Waals surface area contributed by atoms with E-state index in [9.17, 15) is 4.79 Å². The summed E-state index contributed by atoms with van der Waals surface area (Å²) in [5.74, 6) is 1.02. The Morgan fingerprint density at radius 2 is 2.06 bits per heavy atom. The quantitative estimate of drug-likeness (QED) is 0.595. The van der Waals surface area contributed by atoms with Gasteiger partial charge in [-0.15, -0.1) is 11.8 Å². The number of hydrogen-bond donors (Lipinski definition) is 0. The van der Waals surface area contributed by atoms with E-state index < -0.39 is 0 Å². The van der Waals surface area contributed by atoms with Crippen LogP contribution < -0.4 is 0 Å². The van der Waals surface area contributed by atoms with Gasteiger partial charge in [-0.1, -0.05) is 28.1 Å². The fourth-order valence-corrected chi connectivity index (χ4v) is 2.40. The maximum Gasteiger partial charge on any atom is 0.175 e. The molecule has 1 unspecified atom stereocenters. The third-order valence-corrected chi connectivity index (χ3v) is 3.80. The molecule has 2 nitrogen and oxygen atoms in total. The first-order valence-electron chi connectivity index (χ1n) is 5.05. The van der Waals surface area contributed by atoms with Gasteiger partial charge in [-0.3, -0.25) is 4.79 Å². The Balaban J connectivity index is 2.53. The normalized spacial score (nSPS) is 12.4. The van der Waals surface area contributed by atoms with Gasteiger partial charge in [-0.2, -0.15) is 0 Å². The summed E-state index contributed by atoms with van der Waals surface area (Å²) in [6.45, 7) is 2.62. The number of methoxy groups -OCH3 is 1. The number of Topliss-reactive ketones (excluding diaryl/α,β-unsaturated/α-hetero) is 1. The lowest BCUT2D eigenvalue weighted by Crippen LogP contribution is -2.14. The number of halogens is 1. The Morgan fingerprint density at radius 1 is 1.44 bits per heavy atom. The Morgan fingerprint density at radius 3 is 2.62 bits per heavy atom. The van der Waals surface area contributed by atoms with Gasteiger partial charge in [0.2, 0.25) is 0 Å². The van der Waals surface area contributed by atoms with Crippen LogP contribution in [0, 0.1) is 0 Å². The van der Waals surface area contributed by atoms with Crippen molar-refractivity contribution in [3.63, 3.8) is 0 Å². The van der Waals surface area contributed by atoms with Crippen LogP contribution in [0.4, 0.5) is 0 Å². The van der Waals surface area contributed by atoms with Crippen molar-refractivity contribution in [2.75, 3.05) is 19.5 Å². The van der Waals surface area contributed by atoms with Gasteiger partial charge in [0.25, 0.3) is 0 Å². The highest BCUT2D eigenvalue weighted by Crippen LogP contribution is 2.18. The van der Waals surface area contributed by atoms with E-state index in [2.05, 4.69) is 15.9 Å². The van der Waals surface area contributed by atoms with Crippen molar-refractivity contribution in [2.24, 2.45) is 0 Å². The minimum atomic E-state index is -0.0173. The molecule has 88 valence electrons. The fourth-order valence-electron chi connectivity index (χ4n) is 1.23. The molecule has 0 bridgehead atoms. The van der Waals surface area contributed by atoms with Crippen molar-refractivity contribution >= 4 is 33.5 Å². The summed E-state index contributed by atoms with van der Waals surface area (Å²) in [7, 11) is 1.67. The predicted octanol–water partition coefficient (Wildman–Crippen LogP) is 3.40. The highest BCUT2D eigenvalue weighted by Gasteiger charge is 2.14. The van der Waals surface area contributed by atoms with Gasteiger partial charge >= 0.3 is 0 Å². The highest BCUT2D eigenvalue weighted by atomic mass is 79.9. The topological polar surface area (TPSA) is 26.3 Å². The van der Waals surface area contributed by atoms with Gasteiger partial charge in [0.1, 0.15) is 0 Å². The average molecular weight is 303 g/mol. The first-order valence-corrected chi connectivity index (χ1v) is 6.89. The Hall–Kier alpha value is -0.320. The van der Waals surface area contributed by atoms with Crippen molar-refractivity contribution in [3.8, 4) is 0 Å². The molecule has 0 amide bonds. The Kier molecular flexibility index (Phi) is 6.09. The van der Waals surface area contributed by atoms with Gasteiger partial charge in [-0.05, 0) is 19.1 Å². The van der Waals surface area contributed by atoms with E-state index in [0.717, 1.165) is 15.8 Å². The monoisotopic (exact) mass is 302 g/mol. The first kappa shape index (κ1) is 13.7. The molecule has 0 saturated heterocycles. The minimum Gasteiger partial charge on any atom is -0.384 e. The number of thioether (sulfide) groups is 1. The molecule has 0 aliphatic rings. The number of carbonyl (C=O) groups is 1. The third-order valence-electron chi connectivity index (χ3n) is 2.15. The molecule has 0 aliphatic carbocycles.